The fourth-order valence-corrected chi connectivity index (χ4v) is 2.25. The maximum Gasteiger partial charge on any atom is 0.139 e. The number of para-hydroxylation sites is 1. The molecule has 0 saturated carbocycles. The maximum absolute atomic E-state index is 4.42. The molecule has 1 aromatic carbocycles. The van der Waals surface area contributed by atoms with Crippen molar-refractivity contribution in [3.05, 3.63) is 60.7 Å². The lowest BCUT2D eigenvalue weighted by atomic mass is 10.2. The van der Waals surface area contributed by atoms with Crippen LogP contribution in [0.3, 0.4) is 0 Å². The Labute approximate surface area is 130 Å². The Morgan fingerprint density at radius 2 is 1.76 bits per heavy atom. The van der Waals surface area contributed by atoms with E-state index in [1.54, 1.807) is 6.33 Å². The lowest BCUT2D eigenvalue weighted by molar-refractivity contribution is 0.860. The minimum Gasteiger partial charge on any atom is -0.359 e. The molecule has 0 radical (unpaired) electrons. The monoisotopic (exact) mass is 300 g/mol. The van der Waals surface area contributed by atoms with Crippen molar-refractivity contribution in [3.63, 3.8) is 0 Å². The van der Waals surface area contributed by atoms with Crippen molar-refractivity contribution < 1.29 is 0 Å². The second-order valence-corrected chi connectivity index (χ2v) is 4.74. The quantitative estimate of drug-likeness (QED) is 0.742. The van der Waals surface area contributed by atoms with E-state index in [2.05, 4.69) is 33.0 Å². The van der Waals surface area contributed by atoms with E-state index in [0.717, 1.165) is 29.7 Å². The van der Waals surface area contributed by atoms with Crippen LogP contribution < -0.4 is 4.90 Å². The molecule has 0 amide bonds. The highest BCUT2D eigenvalue weighted by atomic mass is 35.5. The van der Waals surface area contributed by atoms with Crippen molar-refractivity contribution in [1.82, 2.24) is 15.0 Å². The highest BCUT2D eigenvalue weighted by Gasteiger charge is 2.07. The second kappa shape index (κ2) is 6.99. The van der Waals surface area contributed by atoms with Gasteiger partial charge < -0.3 is 4.90 Å². The predicted octanol–water partition coefficient (Wildman–Crippen LogP) is 3.13. The number of rotatable bonds is 4. The first-order valence-corrected chi connectivity index (χ1v) is 6.64. The van der Waals surface area contributed by atoms with Crippen LogP contribution in [0.25, 0.3) is 10.9 Å². The smallest absolute Gasteiger partial charge is 0.139 e. The fourth-order valence-electron chi connectivity index (χ4n) is 2.25. The third kappa shape index (κ3) is 3.47. The standard InChI is InChI=1S/C16H16N4.ClH/c1-20(11-8-13-6-9-17-10-7-13)16-14-4-2-3-5-15(14)18-12-19-16;/h2-7,9-10,12H,8,11H2,1H3;1H. The van der Waals surface area contributed by atoms with Crippen molar-refractivity contribution in [3.8, 4) is 0 Å². The number of likely N-dealkylation sites (N-methyl/N-ethyl adjacent to an activating group) is 1. The second-order valence-electron chi connectivity index (χ2n) is 4.74. The van der Waals surface area contributed by atoms with Crippen LogP contribution in [0, 0.1) is 0 Å². The molecular weight excluding hydrogens is 284 g/mol. The van der Waals surface area contributed by atoms with Crippen LogP contribution in [0.1, 0.15) is 5.56 Å². The van der Waals surface area contributed by atoms with Gasteiger partial charge in [-0.15, -0.1) is 12.4 Å². The Bertz CT molecular complexity index is 697. The minimum atomic E-state index is 0. The van der Waals surface area contributed by atoms with Gasteiger partial charge >= 0.3 is 0 Å². The van der Waals surface area contributed by atoms with Crippen molar-refractivity contribution in [2.45, 2.75) is 6.42 Å². The number of benzene rings is 1. The maximum atomic E-state index is 4.42. The molecule has 0 spiro atoms. The summed E-state index contributed by atoms with van der Waals surface area (Å²) in [5, 5.41) is 1.09. The van der Waals surface area contributed by atoms with E-state index in [9.17, 15) is 0 Å². The first kappa shape index (κ1) is 15.2. The molecule has 4 nitrogen and oxygen atoms in total. The molecular formula is C16H17ClN4. The molecule has 0 saturated heterocycles. The van der Waals surface area contributed by atoms with Crippen LogP contribution in [0.5, 0.6) is 0 Å². The van der Waals surface area contributed by atoms with E-state index in [1.165, 1.54) is 5.56 Å². The molecule has 0 unspecified atom stereocenters. The number of aromatic nitrogens is 3. The number of pyridine rings is 1. The summed E-state index contributed by atoms with van der Waals surface area (Å²) in [5.74, 6) is 0.977. The van der Waals surface area contributed by atoms with Crippen LogP contribution in [-0.2, 0) is 6.42 Å². The zero-order valence-electron chi connectivity index (χ0n) is 11.8. The molecule has 0 aliphatic carbocycles. The number of fused-ring (bicyclic) bond motifs is 1. The van der Waals surface area contributed by atoms with Crippen molar-refractivity contribution >= 4 is 29.1 Å². The highest BCUT2D eigenvalue weighted by Crippen LogP contribution is 2.21. The Kier molecular flexibility index (Phi) is 5.06. The number of nitrogens with zero attached hydrogens (tertiary/aromatic N) is 4. The van der Waals surface area contributed by atoms with Crippen LogP contribution in [-0.4, -0.2) is 28.5 Å². The molecule has 0 fully saturated rings. The summed E-state index contributed by atoms with van der Waals surface area (Å²) in [4.78, 5) is 14.9. The minimum absolute atomic E-state index is 0. The molecule has 108 valence electrons. The fraction of sp³-hybridized carbons (Fsp3) is 0.188. The van der Waals surface area contributed by atoms with Gasteiger partial charge in [0.05, 0.1) is 5.52 Å². The van der Waals surface area contributed by atoms with Gasteiger partial charge in [0.1, 0.15) is 12.1 Å². The van der Waals surface area contributed by atoms with Crippen LogP contribution in [0.2, 0.25) is 0 Å². The van der Waals surface area contributed by atoms with Gasteiger partial charge in [-0.2, -0.15) is 0 Å². The van der Waals surface area contributed by atoms with Gasteiger partial charge in [-0.25, -0.2) is 9.97 Å². The van der Waals surface area contributed by atoms with E-state index >= 15 is 0 Å². The normalized spacial score (nSPS) is 10.1. The molecule has 21 heavy (non-hydrogen) atoms. The van der Waals surface area contributed by atoms with E-state index < -0.39 is 0 Å². The molecule has 0 bridgehead atoms. The molecule has 0 aliphatic heterocycles. The molecule has 3 aromatic rings. The first-order valence-electron chi connectivity index (χ1n) is 6.64. The summed E-state index contributed by atoms with van der Waals surface area (Å²) in [6, 6.07) is 12.2. The van der Waals surface area contributed by atoms with Crippen LogP contribution >= 0.6 is 12.4 Å². The van der Waals surface area contributed by atoms with Crippen molar-refractivity contribution in [2.75, 3.05) is 18.5 Å². The van der Waals surface area contributed by atoms with Gasteiger partial charge in [0.2, 0.25) is 0 Å². The lowest BCUT2D eigenvalue weighted by Gasteiger charge is -2.19. The van der Waals surface area contributed by atoms with E-state index in [1.807, 2.05) is 42.7 Å². The summed E-state index contributed by atoms with van der Waals surface area (Å²) in [6.07, 6.45) is 6.25. The van der Waals surface area contributed by atoms with Gasteiger partial charge in [0, 0.05) is 31.4 Å². The molecule has 0 aliphatic rings. The van der Waals surface area contributed by atoms with Gasteiger partial charge in [-0.1, -0.05) is 12.1 Å². The molecule has 2 heterocycles. The molecule has 0 N–H and O–H groups in total. The number of anilines is 1. The molecule has 3 rings (SSSR count). The van der Waals surface area contributed by atoms with E-state index in [0.29, 0.717) is 0 Å². The Balaban J connectivity index is 0.00000161. The summed E-state index contributed by atoms with van der Waals surface area (Å²) < 4.78 is 0. The summed E-state index contributed by atoms with van der Waals surface area (Å²) in [5.41, 5.74) is 2.26. The first-order chi connectivity index (χ1) is 9.84. The largest absolute Gasteiger partial charge is 0.359 e. The van der Waals surface area contributed by atoms with Gasteiger partial charge in [-0.3, -0.25) is 4.98 Å². The predicted molar refractivity (Wildman–Crippen MR) is 88.0 cm³/mol. The number of hydrogen-bond donors (Lipinski definition) is 0. The van der Waals surface area contributed by atoms with E-state index in [-0.39, 0.29) is 12.4 Å². The highest BCUT2D eigenvalue weighted by molar-refractivity contribution is 5.89. The van der Waals surface area contributed by atoms with Gasteiger partial charge in [0.15, 0.2) is 0 Å². The Hall–Kier alpha value is -2.20. The Morgan fingerprint density at radius 1 is 1.00 bits per heavy atom. The average molecular weight is 301 g/mol. The number of halogens is 1. The molecule has 0 atom stereocenters. The lowest BCUT2D eigenvalue weighted by Crippen LogP contribution is -2.21. The SMILES string of the molecule is CN(CCc1ccncc1)c1ncnc2ccccc12.Cl. The van der Waals surface area contributed by atoms with Gasteiger partial charge in [0.25, 0.3) is 0 Å². The summed E-state index contributed by atoms with van der Waals surface area (Å²) >= 11 is 0. The third-order valence-corrected chi connectivity index (χ3v) is 3.37. The summed E-state index contributed by atoms with van der Waals surface area (Å²) in [7, 11) is 2.07. The zero-order chi connectivity index (χ0) is 13.8. The topological polar surface area (TPSA) is 41.9 Å². The zero-order valence-corrected chi connectivity index (χ0v) is 12.6. The average Bonchev–Trinajstić information content (AvgIpc) is 2.53. The van der Waals surface area contributed by atoms with Crippen LogP contribution in [0.4, 0.5) is 5.82 Å². The molecule has 2 aromatic heterocycles. The van der Waals surface area contributed by atoms with Gasteiger partial charge in [-0.05, 0) is 36.2 Å². The number of hydrogen-bond acceptors (Lipinski definition) is 4. The van der Waals surface area contributed by atoms with Crippen molar-refractivity contribution in [2.24, 2.45) is 0 Å². The summed E-state index contributed by atoms with van der Waals surface area (Å²) in [6.45, 7) is 0.908. The van der Waals surface area contributed by atoms with Crippen molar-refractivity contribution in [1.29, 1.82) is 0 Å². The third-order valence-electron chi connectivity index (χ3n) is 3.37. The Morgan fingerprint density at radius 3 is 2.57 bits per heavy atom. The molecule has 5 heteroatoms. The van der Waals surface area contributed by atoms with E-state index in [4.69, 9.17) is 0 Å². The van der Waals surface area contributed by atoms with Crippen LogP contribution in [0.15, 0.2) is 55.1 Å².